The first-order valence-electron chi connectivity index (χ1n) is 6.11. The molecule has 1 unspecified atom stereocenters. The van der Waals surface area contributed by atoms with Gasteiger partial charge in [0.1, 0.15) is 5.69 Å². The van der Waals surface area contributed by atoms with Crippen LogP contribution in [0.3, 0.4) is 0 Å². The zero-order chi connectivity index (χ0) is 14.0. The number of pyridine rings is 1. The number of aromatic nitrogens is 3. The molecule has 20 heavy (non-hydrogen) atoms. The lowest BCUT2D eigenvalue weighted by molar-refractivity contribution is 0.458. The molecule has 0 saturated carbocycles. The van der Waals surface area contributed by atoms with Crippen molar-refractivity contribution in [2.75, 3.05) is 0 Å². The highest BCUT2D eigenvalue weighted by atomic mass is 15.2. The van der Waals surface area contributed by atoms with Crippen LogP contribution in [0.1, 0.15) is 11.3 Å². The summed E-state index contributed by atoms with van der Waals surface area (Å²) in [5.41, 5.74) is 13.7. The van der Waals surface area contributed by atoms with E-state index in [-0.39, 0.29) is 0 Å². The maximum absolute atomic E-state index is 6.37. The molecular weight excluding hydrogens is 252 g/mol. The first-order chi connectivity index (χ1) is 9.67. The van der Waals surface area contributed by atoms with Gasteiger partial charge in [-0.15, -0.1) is 0 Å². The van der Waals surface area contributed by atoms with Gasteiger partial charge in [0.25, 0.3) is 0 Å². The molecule has 0 radical (unpaired) electrons. The highest BCUT2D eigenvalue weighted by molar-refractivity contribution is 5.76. The largest absolute Gasteiger partial charge is 0.385 e. The van der Waals surface area contributed by atoms with E-state index in [1.54, 1.807) is 31.0 Å². The Labute approximate surface area is 116 Å². The number of nitrogens with one attached hydrogen (secondary N) is 1. The van der Waals surface area contributed by atoms with Gasteiger partial charge in [0.15, 0.2) is 5.66 Å². The van der Waals surface area contributed by atoms with E-state index in [1.165, 1.54) is 0 Å². The van der Waals surface area contributed by atoms with Crippen molar-refractivity contribution in [1.82, 2.24) is 20.3 Å². The lowest BCUT2D eigenvalue weighted by Gasteiger charge is -2.31. The smallest absolute Gasteiger partial charge is 0.152 e. The highest BCUT2D eigenvalue weighted by Gasteiger charge is 2.30. The third-order valence-electron chi connectivity index (χ3n) is 3.03. The molecule has 3 heterocycles. The van der Waals surface area contributed by atoms with Crippen LogP contribution < -0.4 is 16.8 Å². The molecule has 0 amide bonds. The maximum atomic E-state index is 6.37. The molecule has 6 heteroatoms. The molecule has 0 saturated heterocycles. The summed E-state index contributed by atoms with van der Waals surface area (Å²) in [4.78, 5) is 12.4. The average molecular weight is 266 g/mol. The van der Waals surface area contributed by atoms with Crippen molar-refractivity contribution in [1.29, 1.82) is 0 Å². The summed E-state index contributed by atoms with van der Waals surface area (Å²) in [5, 5.41) is 3.03. The molecule has 6 nitrogen and oxygen atoms in total. The summed E-state index contributed by atoms with van der Waals surface area (Å²) in [6, 6.07) is 3.81. The predicted molar refractivity (Wildman–Crippen MR) is 75.5 cm³/mol. The van der Waals surface area contributed by atoms with Gasteiger partial charge in [-0.1, -0.05) is 6.07 Å². The first-order valence-corrected chi connectivity index (χ1v) is 6.11. The molecule has 2 aromatic rings. The minimum Gasteiger partial charge on any atom is -0.385 e. The van der Waals surface area contributed by atoms with Crippen LogP contribution in [0.5, 0.6) is 0 Å². The molecule has 1 aliphatic heterocycles. The Morgan fingerprint density at radius 2 is 1.95 bits per heavy atom. The number of hydrogen-bond acceptors (Lipinski definition) is 6. The molecule has 2 aromatic heterocycles. The van der Waals surface area contributed by atoms with Crippen LogP contribution in [-0.2, 0) is 5.66 Å². The molecule has 0 spiro atoms. The van der Waals surface area contributed by atoms with Crippen LogP contribution in [0.4, 0.5) is 0 Å². The maximum Gasteiger partial charge on any atom is 0.152 e. The summed E-state index contributed by atoms with van der Waals surface area (Å²) >= 11 is 0. The van der Waals surface area contributed by atoms with E-state index < -0.39 is 5.66 Å². The Kier molecular flexibility index (Phi) is 2.92. The minimum absolute atomic E-state index is 0.472. The van der Waals surface area contributed by atoms with Crippen LogP contribution in [0, 0.1) is 0 Å². The van der Waals surface area contributed by atoms with E-state index in [9.17, 15) is 0 Å². The van der Waals surface area contributed by atoms with Gasteiger partial charge in [0, 0.05) is 24.8 Å². The Balaban J connectivity index is 2.07. The normalized spacial score (nSPS) is 21.6. The van der Waals surface area contributed by atoms with E-state index in [2.05, 4.69) is 20.3 Å². The Bertz CT molecular complexity index is 665. The number of hydrogen-bond donors (Lipinski definition) is 3. The first kappa shape index (κ1) is 12.3. The minimum atomic E-state index is -0.988. The summed E-state index contributed by atoms with van der Waals surface area (Å²) in [5.74, 6) is 0.472. The second-order valence-electron chi connectivity index (χ2n) is 4.53. The third kappa shape index (κ3) is 2.24. The Morgan fingerprint density at radius 3 is 2.65 bits per heavy atom. The van der Waals surface area contributed by atoms with Crippen molar-refractivity contribution >= 4 is 5.57 Å². The summed E-state index contributed by atoms with van der Waals surface area (Å²) < 4.78 is 0. The monoisotopic (exact) mass is 266 g/mol. The molecule has 3 rings (SSSR count). The molecule has 0 aromatic carbocycles. The fraction of sp³-hybridized carbons (Fsp3) is 0.0714. The van der Waals surface area contributed by atoms with Crippen LogP contribution in [-0.4, -0.2) is 15.0 Å². The SMILES string of the molecule is NC1=CC(c2cccnc2)=CC(N)(c2cnccn2)N1. The third-order valence-corrected chi connectivity index (χ3v) is 3.03. The summed E-state index contributed by atoms with van der Waals surface area (Å²) in [6.45, 7) is 0. The van der Waals surface area contributed by atoms with Gasteiger partial charge in [0.05, 0.1) is 12.0 Å². The van der Waals surface area contributed by atoms with Crippen LogP contribution in [0.25, 0.3) is 5.57 Å². The van der Waals surface area contributed by atoms with E-state index in [0.29, 0.717) is 11.5 Å². The Hall–Kier alpha value is -2.73. The molecule has 0 fully saturated rings. The zero-order valence-corrected chi connectivity index (χ0v) is 10.7. The van der Waals surface area contributed by atoms with E-state index in [1.807, 2.05) is 24.3 Å². The van der Waals surface area contributed by atoms with Crippen molar-refractivity contribution in [3.63, 3.8) is 0 Å². The van der Waals surface area contributed by atoms with Crippen molar-refractivity contribution in [2.45, 2.75) is 5.66 Å². The van der Waals surface area contributed by atoms with E-state index >= 15 is 0 Å². The molecule has 1 atom stereocenters. The van der Waals surface area contributed by atoms with Crippen molar-refractivity contribution in [2.24, 2.45) is 11.5 Å². The molecular formula is C14H14N6. The van der Waals surface area contributed by atoms with Gasteiger partial charge in [-0.25, -0.2) is 0 Å². The van der Waals surface area contributed by atoms with Crippen LogP contribution in [0.15, 0.2) is 61.1 Å². The van der Waals surface area contributed by atoms with Gasteiger partial charge in [-0.2, -0.15) is 0 Å². The highest BCUT2D eigenvalue weighted by Crippen LogP contribution is 2.26. The quantitative estimate of drug-likeness (QED) is 0.730. The average Bonchev–Trinajstić information content (AvgIpc) is 2.48. The van der Waals surface area contributed by atoms with Gasteiger partial charge in [-0.05, 0) is 29.4 Å². The standard InChI is InChI=1S/C14H14N6/c15-13-6-11(10-2-1-3-17-8-10)7-14(16,20-13)12-9-18-4-5-19-12/h1-9,20H,15-16H2. The van der Waals surface area contributed by atoms with Crippen molar-refractivity contribution < 1.29 is 0 Å². The predicted octanol–water partition coefficient (Wildman–Crippen LogP) is 0.470. The van der Waals surface area contributed by atoms with Gasteiger partial charge >= 0.3 is 0 Å². The molecule has 0 aliphatic carbocycles. The second-order valence-corrected chi connectivity index (χ2v) is 4.53. The van der Waals surface area contributed by atoms with Crippen LogP contribution in [0.2, 0.25) is 0 Å². The summed E-state index contributed by atoms with van der Waals surface area (Å²) in [6.07, 6.45) is 12.0. The number of dihydropyridines is 1. The second kappa shape index (κ2) is 4.75. The fourth-order valence-electron chi connectivity index (χ4n) is 2.12. The van der Waals surface area contributed by atoms with Gasteiger partial charge in [0.2, 0.25) is 0 Å². The van der Waals surface area contributed by atoms with Crippen molar-refractivity contribution in [3.05, 3.63) is 72.3 Å². The lowest BCUT2D eigenvalue weighted by atomic mass is 9.96. The Morgan fingerprint density at radius 1 is 1.10 bits per heavy atom. The topological polar surface area (TPSA) is 103 Å². The number of allylic oxidation sites excluding steroid dienone is 2. The van der Waals surface area contributed by atoms with E-state index in [4.69, 9.17) is 11.5 Å². The summed E-state index contributed by atoms with van der Waals surface area (Å²) in [7, 11) is 0. The van der Waals surface area contributed by atoms with Gasteiger partial charge in [-0.3, -0.25) is 15.0 Å². The van der Waals surface area contributed by atoms with E-state index in [0.717, 1.165) is 11.1 Å². The molecule has 1 aliphatic rings. The fourth-order valence-corrected chi connectivity index (χ4v) is 2.12. The van der Waals surface area contributed by atoms with Gasteiger partial charge < -0.3 is 16.8 Å². The number of nitrogens with zero attached hydrogens (tertiary/aromatic N) is 3. The molecule has 100 valence electrons. The van der Waals surface area contributed by atoms with Crippen LogP contribution >= 0.6 is 0 Å². The number of rotatable bonds is 2. The molecule has 0 bridgehead atoms. The van der Waals surface area contributed by atoms with Crippen molar-refractivity contribution in [3.8, 4) is 0 Å². The number of nitrogens with two attached hydrogens (primary N) is 2. The molecule has 5 N–H and O–H groups in total. The zero-order valence-electron chi connectivity index (χ0n) is 10.7. The lowest BCUT2D eigenvalue weighted by Crippen LogP contribution is -2.52.